The molecule has 2 heterocycles. The van der Waals surface area contributed by atoms with E-state index in [1.165, 1.54) is 10.8 Å². The highest BCUT2D eigenvalue weighted by molar-refractivity contribution is 5.85. The molecule has 9 nitrogen and oxygen atoms in total. The number of aromatic amines is 1. The summed E-state index contributed by atoms with van der Waals surface area (Å²) in [5.41, 5.74) is 5.02. The lowest BCUT2D eigenvalue weighted by Crippen LogP contribution is -2.38. The van der Waals surface area contributed by atoms with Crippen LogP contribution in [0.4, 0.5) is 0 Å². The molecule has 1 fully saturated rings. The van der Waals surface area contributed by atoms with Crippen LogP contribution in [0, 0.1) is 12.8 Å². The standard InChI is InChI=1S/C14H21N3O6.ClH/c1-7(2)11(15)13(19)22-6-10-21-5-9(23-10)17-4-8(3)12(18)16-14(17)20;/h4,7,9-11H,5-6,15H2,1-3H3,(H,16,18,20);1H/t9-,10-,11+;/m1./s1. The molecule has 1 aliphatic heterocycles. The predicted octanol–water partition coefficient (Wildman–Crippen LogP) is -0.335. The van der Waals surface area contributed by atoms with Crippen LogP contribution in [0.2, 0.25) is 0 Å². The van der Waals surface area contributed by atoms with Gasteiger partial charge in [-0.05, 0) is 12.8 Å². The highest BCUT2D eigenvalue weighted by Gasteiger charge is 2.30. The zero-order valence-corrected chi connectivity index (χ0v) is 14.5. The zero-order chi connectivity index (χ0) is 17.1. The second kappa shape index (κ2) is 8.43. The molecule has 0 unspecified atom stereocenters. The lowest BCUT2D eigenvalue weighted by Gasteiger charge is -2.17. The number of aryl methyl sites for hydroxylation is 1. The summed E-state index contributed by atoms with van der Waals surface area (Å²) in [4.78, 5) is 37.0. The average molecular weight is 364 g/mol. The molecule has 0 bridgehead atoms. The minimum atomic E-state index is -0.789. The molecule has 136 valence electrons. The summed E-state index contributed by atoms with van der Waals surface area (Å²) in [5, 5.41) is 0. The van der Waals surface area contributed by atoms with Crippen molar-refractivity contribution in [3.8, 4) is 0 Å². The van der Waals surface area contributed by atoms with E-state index in [9.17, 15) is 14.4 Å². The van der Waals surface area contributed by atoms with Gasteiger partial charge in [0.15, 0.2) is 12.5 Å². The number of aromatic nitrogens is 2. The van der Waals surface area contributed by atoms with Crippen molar-refractivity contribution < 1.29 is 19.0 Å². The monoisotopic (exact) mass is 363 g/mol. The summed E-state index contributed by atoms with van der Waals surface area (Å²) >= 11 is 0. The first-order valence-corrected chi connectivity index (χ1v) is 7.31. The number of ether oxygens (including phenoxy) is 3. The van der Waals surface area contributed by atoms with Crippen LogP contribution in [0.1, 0.15) is 25.6 Å². The number of rotatable bonds is 5. The van der Waals surface area contributed by atoms with Crippen LogP contribution in [0.5, 0.6) is 0 Å². The fourth-order valence-corrected chi connectivity index (χ4v) is 2.00. The largest absolute Gasteiger partial charge is 0.459 e. The molecule has 1 saturated heterocycles. The van der Waals surface area contributed by atoms with E-state index in [1.807, 2.05) is 13.8 Å². The molecule has 10 heteroatoms. The minimum Gasteiger partial charge on any atom is -0.459 e. The van der Waals surface area contributed by atoms with E-state index in [2.05, 4.69) is 4.98 Å². The number of hydrogen-bond acceptors (Lipinski definition) is 7. The summed E-state index contributed by atoms with van der Waals surface area (Å²) in [6.07, 6.45) is -0.0823. The summed E-state index contributed by atoms with van der Waals surface area (Å²) < 4.78 is 17.1. The van der Waals surface area contributed by atoms with E-state index >= 15 is 0 Å². The van der Waals surface area contributed by atoms with E-state index < -0.39 is 35.8 Å². The SMILES string of the molecule is Cc1cn([C@H]2CO[C@@H](COC(=O)[C@@H](N)C(C)C)O2)c(=O)[nH]c1=O.Cl. The van der Waals surface area contributed by atoms with Crippen LogP contribution < -0.4 is 17.0 Å². The third kappa shape index (κ3) is 4.67. The molecule has 0 saturated carbocycles. The molecule has 1 aromatic rings. The van der Waals surface area contributed by atoms with Crippen LogP contribution in [0.25, 0.3) is 0 Å². The normalized spacial score (nSPS) is 21.4. The fraction of sp³-hybridized carbons (Fsp3) is 0.643. The first-order valence-electron chi connectivity index (χ1n) is 7.31. The Labute approximate surface area is 144 Å². The van der Waals surface area contributed by atoms with Gasteiger partial charge in [-0.15, -0.1) is 12.4 Å². The zero-order valence-electron chi connectivity index (χ0n) is 13.7. The average Bonchev–Trinajstić information content (AvgIpc) is 2.96. The molecule has 1 aromatic heterocycles. The van der Waals surface area contributed by atoms with Gasteiger partial charge in [0.1, 0.15) is 12.6 Å². The van der Waals surface area contributed by atoms with E-state index in [0.717, 1.165) is 0 Å². The number of halogens is 1. The molecule has 0 amide bonds. The Morgan fingerprint density at radius 3 is 2.79 bits per heavy atom. The van der Waals surface area contributed by atoms with Gasteiger partial charge in [0.2, 0.25) is 0 Å². The summed E-state index contributed by atoms with van der Waals surface area (Å²) in [5.74, 6) is -0.573. The molecular formula is C14H22ClN3O6. The third-order valence-corrected chi connectivity index (χ3v) is 3.54. The first kappa shape index (κ1) is 20.4. The molecule has 3 atom stereocenters. The summed E-state index contributed by atoms with van der Waals surface area (Å²) in [7, 11) is 0. The highest BCUT2D eigenvalue weighted by Crippen LogP contribution is 2.19. The molecule has 0 aromatic carbocycles. The maximum atomic E-state index is 11.8. The van der Waals surface area contributed by atoms with E-state index in [-0.39, 0.29) is 31.5 Å². The second-order valence-electron chi connectivity index (χ2n) is 5.73. The number of H-pyrrole nitrogens is 1. The smallest absolute Gasteiger partial charge is 0.330 e. The number of nitrogens with two attached hydrogens (primary N) is 1. The Balaban J connectivity index is 0.00000288. The fourth-order valence-electron chi connectivity index (χ4n) is 2.00. The number of carbonyl (C=O) groups is 1. The minimum absolute atomic E-state index is 0. The Hall–Kier alpha value is -1.68. The van der Waals surface area contributed by atoms with E-state index in [4.69, 9.17) is 19.9 Å². The van der Waals surface area contributed by atoms with Crippen LogP contribution in [-0.4, -0.2) is 41.1 Å². The number of carbonyl (C=O) groups excluding carboxylic acids is 1. The van der Waals surface area contributed by atoms with E-state index in [1.54, 1.807) is 6.92 Å². The van der Waals surface area contributed by atoms with Gasteiger partial charge in [-0.1, -0.05) is 13.8 Å². The highest BCUT2D eigenvalue weighted by atomic mass is 35.5. The van der Waals surface area contributed by atoms with Crippen molar-refractivity contribution >= 4 is 18.4 Å². The molecular weight excluding hydrogens is 342 g/mol. The number of nitrogens with zero attached hydrogens (tertiary/aromatic N) is 1. The van der Waals surface area contributed by atoms with Crippen LogP contribution in [0.15, 0.2) is 15.8 Å². The molecule has 0 aliphatic carbocycles. The van der Waals surface area contributed by atoms with Gasteiger partial charge in [0.25, 0.3) is 5.56 Å². The van der Waals surface area contributed by atoms with Crippen molar-refractivity contribution in [3.05, 3.63) is 32.6 Å². The first-order chi connectivity index (χ1) is 10.8. The molecule has 1 aliphatic rings. The van der Waals surface area contributed by atoms with Gasteiger partial charge < -0.3 is 19.9 Å². The molecule has 2 rings (SSSR count). The lowest BCUT2D eigenvalue weighted by atomic mass is 10.1. The van der Waals surface area contributed by atoms with Gasteiger partial charge in [-0.25, -0.2) is 4.79 Å². The molecule has 0 spiro atoms. The Morgan fingerprint density at radius 2 is 2.17 bits per heavy atom. The van der Waals surface area contributed by atoms with Gasteiger partial charge in [-0.3, -0.25) is 19.1 Å². The van der Waals surface area contributed by atoms with Crippen molar-refractivity contribution in [1.82, 2.24) is 9.55 Å². The van der Waals surface area contributed by atoms with Crippen molar-refractivity contribution in [3.63, 3.8) is 0 Å². The second-order valence-corrected chi connectivity index (χ2v) is 5.73. The molecule has 0 radical (unpaired) electrons. The third-order valence-electron chi connectivity index (χ3n) is 3.54. The van der Waals surface area contributed by atoms with Crippen molar-refractivity contribution in [2.45, 2.75) is 39.3 Å². The topological polar surface area (TPSA) is 126 Å². The summed E-state index contributed by atoms with van der Waals surface area (Å²) in [6.45, 7) is 5.19. The van der Waals surface area contributed by atoms with Gasteiger partial charge in [0.05, 0.1) is 6.61 Å². The number of esters is 1. The quantitative estimate of drug-likeness (QED) is 0.685. The van der Waals surface area contributed by atoms with Gasteiger partial charge in [0, 0.05) is 11.8 Å². The Morgan fingerprint density at radius 1 is 1.50 bits per heavy atom. The van der Waals surface area contributed by atoms with Crippen molar-refractivity contribution in [2.75, 3.05) is 13.2 Å². The summed E-state index contributed by atoms with van der Waals surface area (Å²) in [6, 6.07) is -0.711. The maximum Gasteiger partial charge on any atom is 0.330 e. The van der Waals surface area contributed by atoms with E-state index in [0.29, 0.717) is 5.56 Å². The van der Waals surface area contributed by atoms with Crippen LogP contribution >= 0.6 is 12.4 Å². The van der Waals surface area contributed by atoms with Gasteiger partial charge >= 0.3 is 11.7 Å². The van der Waals surface area contributed by atoms with Crippen LogP contribution in [-0.2, 0) is 19.0 Å². The van der Waals surface area contributed by atoms with Gasteiger partial charge in [-0.2, -0.15) is 0 Å². The number of hydrogen-bond donors (Lipinski definition) is 2. The van der Waals surface area contributed by atoms with Crippen molar-refractivity contribution in [2.24, 2.45) is 11.7 Å². The van der Waals surface area contributed by atoms with Crippen molar-refractivity contribution in [1.29, 1.82) is 0 Å². The lowest BCUT2D eigenvalue weighted by molar-refractivity contribution is -0.161. The Kier molecular flexibility index (Phi) is 7.15. The van der Waals surface area contributed by atoms with Crippen LogP contribution in [0.3, 0.4) is 0 Å². The predicted molar refractivity (Wildman–Crippen MR) is 86.9 cm³/mol. The maximum absolute atomic E-state index is 11.8. The number of nitrogens with one attached hydrogen (secondary N) is 1. The Bertz CT molecular complexity index is 686. The molecule has 3 N–H and O–H groups in total. The molecule has 24 heavy (non-hydrogen) atoms.